The van der Waals surface area contributed by atoms with E-state index in [9.17, 15) is 9.59 Å². The van der Waals surface area contributed by atoms with E-state index in [4.69, 9.17) is 9.47 Å². The van der Waals surface area contributed by atoms with Crippen molar-refractivity contribution in [1.82, 2.24) is 9.88 Å². The Morgan fingerprint density at radius 1 is 1.07 bits per heavy atom. The first-order chi connectivity index (χ1) is 19.0. The van der Waals surface area contributed by atoms with Gasteiger partial charge >= 0.3 is 0 Å². The van der Waals surface area contributed by atoms with Gasteiger partial charge in [0.05, 0.1) is 25.3 Å². The number of benzene rings is 1. The molecular formula is C34H48N2O4. The van der Waals surface area contributed by atoms with Crippen LogP contribution in [-0.2, 0) is 31.6 Å². The summed E-state index contributed by atoms with van der Waals surface area (Å²) in [5, 5.41) is 3.12. The molecule has 40 heavy (non-hydrogen) atoms. The minimum absolute atomic E-state index is 0.0304. The molecule has 0 bridgehead atoms. The van der Waals surface area contributed by atoms with E-state index in [0.717, 1.165) is 17.9 Å². The molecule has 2 saturated carbocycles. The number of carbonyl (C=O) groups is 2. The Morgan fingerprint density at radius 3 is 2.40 bits per heavy atom. The fourth-order valence-corrected chi connectivity index (χ4v) is 6.53. The van der Waals surface area contributed by atoms with Crippen LogP contribution in [0.25, 0.3) is 11.3 Å². The van der Waals surface area contributed by atoms with Crippen LogP contribution >= 0.6 is 0 Å². The average Bonchev–Trinajstić information content (AvgIpc) is 3.62. The Balaban J connectivity index is 1.51. The molecule has 3 fully saturated rings. The number of ether oxygens (including phenoxy) is 2. The summed E-state index contributed by atoms with van der Waals surface area (Å²) in [6, 6.07) is 9.24. The number of amides is 1. The Morgan fingerprint density at radius 2 is 1.77 bits per heavy atom. The summed E-state index contributed by atoms with van der Waals surface area (Å²) in [6.45, 7) is 14.1. The summed E-state index contributed by atoms with van der Waals surface area (Å²) >= 11 is 0. The summed E-state index contributed by atoms with van der Waals surface area (Å²) in [4.78, 5) is 25.0. The van der Waals surface area contributed by atoms with Gasteiger partial charge in [0.1, 0.15) is 5.60 Å². The van der Waals surface area contributed by atoms with Crippen molar-refractivity contribution in [3.63, 3.8) is 0 Å². The van der Waals surface area contributed by atoms with Crippen LogP contribution in [0.5, 0.6) is 0 Å². The smallest absolute Gasteiger partial charge is 0.293 e. The standard InChI is InChI=1S/C34H48N2O4/c1-24-29(31(38)35-22-34(40-23-37)13-15-39-16-14-34)20-30(36(24)21-25-9-7-6-8-10-25)26-17-27(32(2,3)4)19-28(18-26)33(5)11-12-33/h17-20,23,25H,6-16,21-22H2,1-5H3,(H,35,38). The van der Waals surface area contributed by atoms with Gasteiger partial charge in [0, 0.05) is 30.8 Å². The predicted molar refractivity (Wildman–Crippen MR) is 159 cm³/mol. The topological polar surface area (TPSA) is 69.6 Å². The number of aromatic nitrogens is 1. The lowest BCUT2D eigenvalue weighted by molar-refractivity contribution is -0.152. The van der Waals surface area contributed by atoms with Crippen LogP contribution in [0.15, 0.2) is 24.3 Å². The maximum Gasteiger partial charge on any atom is 0.293 e. The number of rotatable bonds is 9. The van der Waals surface area contributed by atoms with E-state index >= 15 is 0 Å². The van der Waals surface area contributed by atoms with Gasteiger partial charge in [-0.3, -0.25) is 9.59 Å². The molecular weight excluding hydrogens is 500 g/mol. The second-order valence-electron chi connectivity index (χ2n) is 13.9. The molecule has 1 aromatic heterocycles. The maximum absolute atomic E-state index is 13.7. The van der Waals surface area contributed by atoms with Crippen LogP contribution in [-0.4, -0.2) is 42.3 Å². The molecule has 0 atom stereocenters. The van der Waals surface area contributed by atoms with Crippen molar-refractivity contribution < 1.29 is 19.1 Å². The van der Waals surface area contributed by atoms with E-state index < -0.39 is 5.60 Å². The lowest BCUT2D eigenvalue weighted by Crippen LogP contribution is -2.48. The van der Waals surface area contributed by atoms with Gasteiger partial charge in [-0.05, 0) is 84.2 Å². The fraction of sp³-hybridized carbons (Fsp3) is 0.647. The molecule has 1 saturated heterocycles. The average molecular weight is 549 g/mol. The fourth-order valence-electron chi connectivity index (χ4n) is 6.53. The second-order valence-corrected chi connectivity index (χ2v) is 13.9. The van der Waals surface area contributed by atoms with Crippen molar-refractivity contribution in [2.24, 2.45) is 5.92 Å². The Kier molecular flexibility index (Phi) is 8.20. The Hall–Kier alpha value is -2.60. The molecule has 0 radical (unpaired) electrons. The third-order valence-electron chi connectivity index (χ3n) is 9.84. The SMILES string of the molecule is Cc1c(C(=O)NCC2(OC=O)CCOCC2)cc(-c2cc(C(C)(C)C)cc(C3(C)CC3)c2)n1CC1CCCCC1. The van der Waals surface area contributed by atoms with Crippen molar-refractivity contribution in [2.45, 2.75) is 115 Å². The normalized spacial score (nSPS) is 20.6. The molecule has 1 aromatic carbocycles. The predicted octanol–water partition coefficient (Wildman–Crippen LogP) is 6.84. The monoisotopic (exact) mass is 548 g/mol. The molecule has 2 aliphatic carbocycles. The van der Waals surface area contributed by atoms with Crippen molar-refractivity contribution in [3.05, 3.63) is 46.6 Å². The highest BCUT2D eigenvalue weighted by Crippen LogP contribution is 2.49. The summed E-state index contributed by atoms with van der Waals surface area (Å²) in [5.74, 6) is 0.523. The van der Waals surface area contributed by atoms with Crippen molar-refractivity contribution in [3.8, 4) is 11.3 Å². The van der Waals surface area contributed by atoms with E-state index in [1.165, 1.54) is 61.6 Å². The molecule has 2 aromatic rings. The van der Waals surface area contributed by atoms with Gasteiger partial charge in [0.15, 0.2) is 0 Å². The Bertz CT molecular complexity index is 1200. The van der Waals surface area contributed by atoms with Gasteiger partial charge in [-0.15, -0.1) is 0 Å². The molecule has 1 aliphatic heterocycles. The number of hydrogen-bond acceptors (Lipinski definition) is 4. The van der Waals surface area contributed by atoms with E-state index in [1.54, 1.807) is 0 Å². The molecule has 6 heteroatoms. The highest BCUT2D eigenvalue weighted by Gasteiger charge is 2.40. The largest absolute Gasteiger partial charge is 0.459 e. The van der Waals surface area contributed by atoms with E-state index in [-0.39, 0.29) is 16.7 Å². The van der Waals surface area contributed by atoms with Crippen molar-refractivity contribution in [1.29, 1.82) is 0 Å². The minimum atomic E-state index is -0.702. The van der Waals surface area contributed by atoms with Crippen LogP contribution in [0.2, 0.25) is 0 Å². The Labute approximate surface area is 240 Å². The summed E-state index contributed by atoms with van der Waals surface area (Å²) in [7, 11) is 0. The zero-order valence-electron chi connectivity index (χ0n) is 25.2. The van der Waals surface area contributed by atoms with E-state index in [2.05, 4.69) is 68.8 Å². The van der Waals surface area contributed by atoms with Gasteiger partial charge in [-0.1, -0.05) is 53.0 Å². The van der Waals surface area contributed by atoms with Crippen LogP contribution in [0.4, 0.5) is 0 Å². The number of nitrogens with zero attached hydrogens (tertiary/aromatic N) is 1. The highest BCUT2D eigenvalue weighted by molar-refractivity contribution is 5.97. The second kappa shape index (κ2) is 11.3. The molecule has 3 aliphatic rings. The van der Waals surface area contributed by atoms with E-state index in [1.807, 2.05) is 0 Å². The molecule has 6 nitrogen and oxygen atoms in total. The van der Waals surface area contributed by atoms with Gasteiger partial charge < -0.3 is 19.4 Å². The lowest BCUT2D eigenvalue weighted by Gasteiger charge is -2.35. The number of carbonyl (C=O) groups excluding carboxylic acids is 2. The van der Waals surface area contributed by atoms with Crippen LogP contribution < -0.4 is 5.32 Å². The van der Waals surface area contributed by atoms with Gasteiger partial charge in [0.2, 0.25) is 0 Å². The minimum Gasteiger partial charge on any atom is -0.459 e. The number of hydrogen-bond donors (Lipinski definition) is 1. The quantitative estimate of drug-likeness (QED) is 0.348. The third kappa shape index (κ3) is 6.17. The van der Waals surface area contributed by atoms with Gasteiger partial charge in [-0.25, -0.2) is 0 Å². The van der Waals surface area contributed by atoms with E-state index in [0.29, 0.717) is 50.6 Å². The first-order valence-electron chi connectivity index (χ1n) is 15.4. The highest BCUT2D eigenvalue weighted by atomic mass is 16.5. The first kappa shape index (κ1) is 28.9. The molecule has 1 amide bonds. The molecule has 218 valence electrons. The molecule has 1 N–H and O–H groups in total. The van der Waals surface area contributed by atoms with Crippen LogP contribution in [0.1, 0.15) is 113 Å². The maximum atomic E-state index is 13.7. The van der Waals surface area contributed by atoms with Crippen LogP contribution in [0.3, 0.4) is 0 Å². The van der Waals surface area contributed by atoms with Gasteiger partial charge in [0.25, 0.3) is 12.4 Å². The zero-order chi connectivity index (χ0) is 28.5. The molecule has 0 unspecified atom stereocenters. The number of nitrogens with one attached hydrogen (secondary N) is 1. The van der Waals surface area contributed by atoms with Crippen LogP contribution in [0, 0.1) is 12.8 Å². The summed E-state index contributed by atoms with van der Waals surface area (Å²) in [5.41, 5.74) is 6.40. The molecule has 5 rings (SSSR count). The zero-order valence-corrected chi connectivity index (χ0v) is 25.2. The first-order valence-corrected chi connectivity index (χ1v) is 15.4. The molecule has 2 heterocycles. The third-order valence-corrected chi connectivity index (χ3v) is 9.84. The van der Waals surface area contributed by atoms with Crippen molar-refractivity contribution >= 4 is 12.4 Å². The molecule has 0 spiro atoms. The summed E-state index contributed by atoms with van der Waals surface area (Å²) < 4.78 is 13.4. The summed E-state index contributed by atoms with van der Waals surface area (Å²) in [6.07, 6.45) is 10.0. The van der Waals surface area contributed by atoms with Crippen molar-refractivity contribution in [2.75, 3.05) is 19.8 Å². The lowest BCUT2D eigenvalue weighted by atomic mass is 9.82. The van der Waals surface area contributed by atoms with Gasteiger partial charge in [-0.2, -0.15) is 0 Å².